The molecule has 28 heavy (non-hydrogen) atoms. The fraction of sp³-hybridized carbons (Fsp3) is 0.333. The fourth-order valence-corrected chi connectivity index (χ4v) is 3.43. The number of methoxy groups -OCH3 is 1. The first kappa shape index (κ1) is 20.0. The number of halogens is 1. The van der Waals surface area contributed by atoms with Gasteiger partial charge in [0, 0.05) is 29.9 Å². The van der Waals surface area contributed by atoms with Crippen LogP contribution in [0.3, 0.4) is 0 Å². The van der Waals surface area contributed by atoms with Gasteiger partial charge in [-0.05, 0) is 50.1 Å². The zero-order valence-electron chi connectivity index (χ0n) is 16.0. The van der Waals surface area contributed by atoms with Crippen LogP contribution in [0.15, 0.2) is 36.4 Å². The third-order valence-electron chi connectivity index (χ3n) is 4.52. The van der Waals surface area contributed by atoms with Gasteiger partial charge in [-0.1, -0.05) is 17.7 Å². The molecular formula is C21H23ClN2O4. The van der Waals surface area contributed by atoms with Gasteiger partial charge in [0.25, 0.3) is 5.91 Å². The second-order valence-corrected chi connectivity index (χ2v) is 6.84. The monoisotopic (exact) mass is 402 g/mol. The second kappa shape index (κ2) is 8.97. The predicted octanol–water partition coefficient (Wildman–Crippen LogP) is 4.52. The van der Waals surface area contributed by atoms with E-state index >= 15 is 0 Å². The van der Waals surface area contributed by atoms with Crippen LogP contribution in [0.4, 0.5) is 11.4 Å². The van der Waals surface area contributed by atoms with E-state index in [0.717, 1.165) is 18.5 Å². The molecule has 148 valence electrons. The largest absolute Gasteiger partial charge is 0.493 e. The van der Waals surface area contributed by atoms with E-state index in [1.165, 1.54) is 7.11 Å². The predicted molar refractivity (Wildman–Crippen MR) is 110 cm³/mol. The lowest BCUT2D eigenvalue weighted by atomic mass is 10.1. The summed E-state index contributed by atoms with van der Waals surface area (Å²) in [5.41, 5.74) is 1.74. The average molecular weight is 403 g/mol. The summed E-state index contributed by atoms with van der Waals surface area (Å²) < 4.78 is 10.8. The number of amides is 2. The van der Waals surface area contributed by atoms with Crippen molar-refractivity contribution >= 4 is 34.8 Å². The van der Waals surface area contributed by atoms with E-state index in [1.54, 1.807) is 29.2 Å². The maximum absolute atomic E-state index is 12.7. The Morgan fingerprint density at radius 3 is 2.79 bits per heavy atom. The second-order valence-electron chi connectivity index (χ2n) is 6.43. The summed E-state index contributed by atoms with van der Waals surface area (Å²) in [7, 11) is 1.50. The van der Waals surface area contributed by atoms with Crippen LogP contribution in [0.2, 0.25) is 5.02 Å². The molecule has 0 aliphatic carbocycles. The molecule has 0 atom stereocenters. The van der Waals surface area contributed by atoms with Gasteiger partial charge in [0.2, 0.25) is 5.91 Å². The number of ether oxygens (including phenoxy) is 2. The standard InChI is InChI=1S/C21H23ClN2O4/c1-3-28-20-17(22)11-14(12-18(20)27-2)21(26)23-15-7-6-8-16(13-15)24-10-5-4-9-19(24)25/h6-8,11-13H,3-5,9-10H2,1-2H3,(H,23,26). The Balaban J connectivity index is 1.80. The number of nitrogens with one attached hydrogen (secondary N) is 1. The molecule has 1 aliphatic rings. The Kier molecular flexibility index (Phi) is 6.41. The van der Waals surface area contributed by atoms with E-state index in [-0.39, 0.29) is 11.8 Å². The first-order valence-electron chi connectivity index (χ1n) is 9.25. The number of rotatable bonds is 6. The SMILES string of the molecule is CCOc1c(Cl)cc(C(=O)Nc2cccc(N3CCCCC3=O)c2)cc1OC. The van der Waals surface area contributed by atoms with Gasteiger partial charge in [-0.2, -0.15) is 0 Å². The summed E-state index contributed by atoms with van der Waals surface area (Å²) in [5, 5.41) is 3.16. The first-order valence-corrected chi connectivity index (χ1v) is 9.63. The van der Waals surface area contributed by atoms with Crippen molar-refractivity contribution in [1.82, 2.24) is 0 Å². The van der Waals surface area contributed by atoms with Crippen LogP contribution >= 0.6 is 11.6 Å². The lowest BCUT2D eigenvalue weighted by Crippen LogP contribution is -2.35. The Labute approximate surface area is 169 Å². The van der Waals surface area contributed by atoms with Crippen molar-refractivity contribution in [2.24, 2.45) is 0 Å². The van der Waals surface area contributed by atoms with E-state index in [2.05, 4.69) is 5.32 Å². The maximum Gasteiger partial charge on any atom is 0.255 e. The van der Waals surface area contributed by atoms with Crippen LogP contribution in [0.25, 0.3) is 0 Å². The molecule has 2 aromatic rings. The molecular weight excluding hydrogens is 380 g/mol. The van der Waals surface area contributed by atoms with Crippen molar-refractivity contribution in [1.29, 1.82) is 0 Å². The minimum absolute atomic E-state index is 0.109. The molecule has 1 heterocycles. The van der Waals surface area contributed by atoms with Gasteiger partial charge < -0.3 is 19.7 Å². The lowest BCUT2D eigenvalue weighted by Gasteiger charge is -2.27. The number of nitrogens with zero attached hydrogens (tertiary/aromatic N) is 1. The van der Waals surface area contributed by atoms with E-state index in [9.17, 15) is 9.59 Å². The molecule has 6 nitrogen and oxygen atoms in total. The molecule has 1 N–H and O–H groups in total. The zero-order chi connectivity index (χ0) is 20.1. The van der Waals surface area contributed by atoms with E-state index in [0.29, 0.717) is 47.3 Å². The van der Waals surface area contributed by atoms with E-state index in [1.807, 2.05) is 19.1 Å². The molecule has 0 spiro atoms. The molecule has 2 aromatic carbocycles. The minimum Gasteiger partial charge on any atom is -0.493 e. The Hall–Kier alpha value is -2.73. The van der Waals surface area contributed by atoms with Gasteiger partial charge in [-0.3, -0.25) is 9.59 Å². The van der Waals surface area contributed by atoms with Gasteiger partial charge in [-0.15, -0.1) is 0 Å². The quantitative estimate of drug-likeness (QED) is 0.771. The summed E-state index contributed by atoms with van der Waals surface area (Å²) in [4.78, 5) is 26.6. The number of hydrogen-bond donors (Lipinski definition) is 1. The number of benzene rings is 2. The molecule has 1 saturated heterocycles. The number of carbonyl (C=O) groups excluding carboxylic acids is 2. The normalized spacial score (nSPS) is 14.0. The van der Waals surface area contributed by atoms with E-state index in [4.69, 9.17) is 21.1 Å². The minimum atomic E-state index is -0.328. The van der Waals surface area contributed by atoms with Gasteiger partial charge >= 0.3 is 0 Å². The summed E-state index contributed by atoms with van der Waals surface area (Å²) >= 11 is 6.25. The number of carbonyl (C=O) groups is 2. The maximum atomic E-state index is 12.7. The number of hydrogen-bond acceptors (Lipinski definition) is 4. The molecule has 7 heteroatoms. The van der Waals surface area contributed by atoms with Crippen molar-refractivity contribution in [2.75, 3.05) is 30.5 Å². The van der Waals surface area contributed by atoms with Crippen LogP contribution in [-0.2, 0) is 4.79 Å². The van der Waals surface area contributed by atoms with Crippen LogP contribution in [0.5, 0.6) is 11.5 Å². The molecule has 1 aliphatic heterocycles. The topological polar surface area (TPSA) is 67.9 Å². The molecule has 0 bridgehead atoms. The highest BCUT2D eigenvalue weighted by Crippen LogP contribution is 2.36. The molecule has 1 fully saturated rings. The molecule has 0 radical (unpaired) electrons. The van der Waals surface area contributed by atoms with Crippen molar-refractivity contribution < 1.29 is 19.1 Å². The Morgan fingerprint density at radius 2 is 2.07 bits per heavy atom. The van der Waals surface area contributed by atoms with Crippen LogP contribution in [0, 0.1) is 0 Å². The lowest BCUT2D eigenvalue weighted by molar-refractivity contribution is -0.119. The summed E-state index contributed by atoms with van der Waals surface area (Å²) in [6, 6.07) is 10.4. The summed E-state index contributed by atoms with van der Waals surface area (Å²) in [5.74, 6) is 0.587. The van der Waals surface area contributed by atoms with Crippen molar-refractivity contribution in [2.45, 2.75) is 26.2 Å². The van der Waals surface area contributed by atoms with Crippen molar-refractivity contribution in [3.8, 4) is 11.5 Å². The first-order chi connectivity index (χ1) is 13.5. The van der Waals surface area contributed by atoms with Crippen LogP contribution < -0.4 is 19.7 Å². The fourth-order valence-electron chi connectivity index (χ4n) is 3.17. The van der Waals surface area contributed by atoms with Gasteiger partial charge in [-0.25, -0.2) is 0 Å². The van der Waals surface area contributed by atoms with Crippen LogP contribution in [0.1, 0.15) is 36.5 Å². The molecule has 3 rings (SSSR count). The highest BCUT2D eigenvalue weighted by Gasteiger charge is 2.20. The van der Waals surface area contributed by atoms with Gasteiger partial charge in [0.05, 0.1) is 18.7 Å². The zero-order valence-corrected chi connectivity index (χ0v) is 16.7. The molecule has 0 aromatic heterocycles. The van der Waals surface area contributed by atoms with Gasteiger partial charge in [0.15, 0.2) is 11.5 Å². The molecule has 0 unspecified atom stereocenters. The average Bonchev–Trinajstić information content (AvgIpc) is 2.70. The van der Waals surface area contributed by atoms with E-state index < -0.39 is 0 Å². The molecule has 2 amide bonds. The van der Waals surface area contributed by atoms with Crippen molar-refractivity contribution in [3.05, 3.63) is 47.0 Å². The Morgan fingerprint density at radius 1 is 1.25 bits per heavy atom. The van der Waals surface area contributed by atoms with Gasteiger partial charge in [0.1, 0.15) is 0 Å². The summed E-state index contributed by atoms with van der Waals surface area (Å²) in [6.07, 6.45) is 2.46. The van der Waals surface area contributed by atoms with Crippen molar-refractivity contribution in [3.63, 3.8) is 0 Å². The smallest absolute Gasteiger partial charge is 0.255 e. The number of piperidine rings is 1. The van der Waals surface area contributed by atoms with Crippen LogP contribution in [-0.4, -0.2) is 32.1 Å². The highest BCUT2D eigenvalue weighted by atomic mass is 35.5. The highest BCUT2D eigenvalue weighted by molar-refractivity contribution is 6.32. The third kappa shape index (κ3) is 4.39. The third-order valence-corrected chi connectivity index (χ3v) is 4.80. The molecule has 0 saturated carbocycles. The Bertz CT molecular complexity index is 885. The summed E-state index contributed by atoms with van der Waals surface area (Å²) in [6.45, 7) is 2.97. The number of anilines is 2.